The minimum Gasteiger partial charge on any atom is -0.383 e. The molecule has 0 atom stereocenters. The molecule has 26 heavy (non-hydrogen) atoms. The van der Waals surface area contributed by atoms with Crippen molar-refractivity contribution in [2.75, 3.05) is 29.9 Å². The lowest BCUT2D eigenvalue weighted by atomic mass is 10.0. The maximum absolute atomic E-state index is 12.5. The second kappa shape index (κ2) is 7.47. The molecule has 1 aliphatic rings. The molecule has 0 spiro atoms. The van der Waals surface area contributed by atoms with Crippen LogP contribution in [0.15, 0.2) is 47.4 Å². The standard InChI is InChI=1S/C19H22N2O4S/c1-14-3-7-17(8-4-14)26(23,24)20-16-6-9-18-15(13-16)5-10-19(22)21(18)11-12-25-2/h3-4,6-9,13,20H,5,10-12H2,1-2H3. The highest BCUT2D eigenvalue weighted by molar-refractivity contribution is 7.92. The molecular weight excluding hydrogens is 352 g/mol. The molecule has 6 nitrogen and oxygen atoms in total. The van der Waals surface area contributed by atoms with Crippen molar-refractivity contribution >= 4 is 27.3 Å². The van der Waals surface area contributed by atoms with Crippen LogP contribution in [0.3, 0.4) is 0 Å². The fourth-order valence-electron chi connectivity index (χ4n) is 2.98. The van der Waals surface area contributed by atoms with Gasteiger partial charge in [0.1, 0.15) is 0 Å². The van der Waals surface area contributed by atoms with Gasteiger partial charge in [-0.3, -0.25) is 9.52 Å². The third-order valence-corrected chi connectivity index (χ3v) is 5.78. The van der Waals surface area contributed by atoms with Crippen LogP contribution in [0.4, 0.5) is 11.4 Å². The first-order valence-electron chi connectivity index (χ1n) is 8.42. The summed E-state index contributed by atoms with van der Waals surface area (Å²) in [4.78, 5) is 14.1. The van der Waals surface area contributed by atoms with Crippen LogP contribution < -0.4 is 9.62 Å². The van der Waals surface area contributed by atoms with E-state index in [4.69, 9.17) is 4.74 Å². The van der Waals surface area contributed by atoms with Crippen molar-refractivity contribution in [3.63, 3.8) is 0 Å². The summed E-state index contributed by atoms with van der Waals surface area (Å²) in [5.41, 5.74) is 3.25. The molecule has 0 unspecified atom stereocenters. The van der Waals surface area contributed by atoms with Gasteiger partial charge in [-0.25, -0.2) is 8.42 Å². The monoisotopic (exact) mass is 374 g/mol. The number of carbonyl (C=O) groups excluding carboxylic acids is 1. The summed E-state index contributed by atoms with van der Waals surface area (Å²) >= 11 is 0. The Hall–Kier alpha value is -2.38. The molecule has 3 rings (SSSR count). The lowest BCUT2D eigenvalue weighted by molar-refractivity contribution is -0.119. The number of nitrogens with zero attached hydrogens (tertiary/aromatic N) is 1. The maximum atomic E-state index is 12.5. The van der Waals surface area contributed by atoms with Crippen LogP contribution in [0.5, 0.6) is 0 Å². The highest BCUT2D eigenvalue weighted by Crippen LogP contribution is 2.31. The summed E-state index contributed by atoms with van der Waals surface area (Å²) < 4.78 is 32.8. The second-order valence-corrected chi connectivity index (χ2v) is 7.98. The first-order chi connectivity index (χ1) is 12.4. The van der Waals surface area contributed by atoms with Crippen molar-refractivity contribution in [3.05, 3.63) is 53.6 Å². The van der Waals surface area contributed by atoms with Crippen molar-refractivity contribution in [1.82, 2.24) is 0 Å². The van der Waals surface area contributed by atoms with Crippen LogP contribution in [0.25, 0.3) is 0 Å². The highest BCUT2D eigenvalue weighted by Gasteiger charge is 2.24. The van der Waals surface area contributed by atoms with Gasteiger partial charge >= 0.3 is 0 Å². The van der Waals surface area contributed by atoms with Crippen molar-refractivity contribution in [1.29, 1.82) is 0 Å². The number of nitrogens with one attached hydrogen (secondary N) is 1. The van der Waals surface area contributed by atoms with Crippen molar-refractivity contribution in [3.8, 4) is 0 Å². The third-order valence-electron chi connectivity index (χ3n) is 4.38. The number of anilines is 2. The molecule has 2 aromatic rings. The molecule has 0 saturated heterocycles. The van der Waals surface area contributed by atoms with E-state index in [-0.39, 0.29) is 10.8 Å². The van der Waals surface area contributed by atoms with E-state index in [9.17, 15) is 13.2 Å². The third kappa shape index (κ3) is 3.89. The maximum Gasteiger partial charge on any atom is 0.261 e. The lowest BCUT2D eigenvalue weighted by Crippen LogP contribution is -2.37. The predicted octanol–water partition coefficient (Wildman–Crippen LogP) is 2.72. The molecule has 0 aliphatic carbocycles. The number of hydrogen-bond acceptors (Lipinski definition) is 4. The van der Waals surface area contributed by atoms with Gasteiger partial charge in [-0.2, -0.15) is 0 Å². The Balaban J connectivity index is 1.85. The molecule has 0 aromatic heterocycles. The van der Waals surface area contributed by atoms with E-state index in [0.717, 1.165) is 16.8 Å². The van der Waals surface area contributed by atoms with E-state index in [1.807, 2.05) is 6.92 Å². The molecule has 1 aliphatic heterocycles. The molecule has 0 radical (unpaired) electrons. The van der Waals surface area contributed by atoms with Gasteiger partial charge in [-0.05, 0) is 49.2 Å². The summed E-state index contributed by atoms with van der Waals surface area (Å²) in [5.74, 6) is 0.0579. The fraction of sp³-hybridized carbons (Fsp3) is 0.316. The van der Waals surface area contributed by atoms with Crippen molar-refractivity contribution in [2.24, 2.45) is 0 Å². The molecular formula is C19H22N2O4S. The Kier molecular flexibility index (Phi) is 5.29. The van der Waals surface area contributed by atoms with Gasteiger partial charge in [0, 0.05) is 31.5 Å². The van der Waals surface area contributed by atoms with E-state index in [2.05, 4.69) is 4.72 Å². The summed E-state index contributed by atoms with van der Waals surface area (Å²) in [7, 11) is -2.05. The largest absolute Gasteiger partial charge is 0.383 e. The molecule has 7 heteroatoms. The molecule has 0 saturated carbocycles. The van der Waals surface area contributed by atoms with E-state index in [1.165, 1.54) is 0 Å². The second-order valence-electron chi connectivity index (χ2n) is 6.30. The number of rotatable bonds is 6. The molecule has 1 N–H and O–H groups in total. The first-order valence-corrected chi connectivity index (χ1v) is 9.91. The van der Waals surface area contributed by atoms with E-state index < -0.39 is 10.0 Å². The zero-order chi connectivity index (χ0) is 18.7. The molecule has 1 amide bonds. The molecule has 2 aromatic carbocycles. The number of hydrogen-bond donors (Lipinski definition) is 1. The summed E-state index contributed by atoms with van der Waals surface area (Å²) in [6.45, 7) is 2.84. The fourth-order valence-corrected chi connectivity index (χ4v) is 4.03. The smallest absolute Gasteiger partial charge is 0.261 e. The normalized spacial score (nSPS) is 14.2. The number of carbonyl (C=O) groups is 1. The van der Waals surface area contributed by atoms with Crippen molar-refractivity contribution in [2.45, 2.75) is 24.7 Å². The summed E-state index contributed by atoms with van der Waals surface area (Å²) in [6, 6.07) is 12.0. The average Bonchev–Trinajstić information content (AvgIpc) is 2.61. The Labute approximate surface area is 153 Å². The zero-order valence-electron chi connectivity index (χ0n) is 14.9. The van der Waals surface area contributed by atoms with Gasteiger partial charge in [-0.15, -0.1) is 0 Å². The van der Waals surface area contributed by atoms with E-state index in [0.29, 0.717) is 31.7 Å². The zero-order valence-corrected chi connectivity index (χ0v) is 15.7. The van der Waals surface area contributed by atoms with Crippen LogP contribution in [0.1, 0.15) is 17.5 Å². The summed E-state index contributed by atoms with van der Waals surface area (Å²) in [5, 5.41) is 0. The highest BCUT2D eigenvalue weighted by atomic mass is 32.2. The van der Waals surface area contributed by atoms with Crippen LogP contribution in [-0.4, -0.2) is 34.6 Å². The van der Waals surface area contributed by atoms with Crippen LogP contribution in [0, 0.1) is 6.92 Å². The lowest BCUT2D eigenvalue weighted by Gasteiger charge is -2.29. The molecule has 138 valence electrons. The SMILES string of the molecule is COCCN1C(=O)CCc2cc(NS(=O)(=O)c3ccc(C)cc3)ccc21. The van der Waals surface area contributed by atoms with Gasteiger partial charge in [0.05, 0.1) is 11.5 Å². The Bertz CT molecular complexity index is 908. The quantitative estimate of drug-likeness (QED) is 0.844. The van der Waals surface area contributed by atoms with E-state index >= 15 is 0 Å². The van der Waals surface area contributed by atoms with Gasteiger partial charge in [0.2, 0.25) is 5.91 Å². The van der Waals surface area contributed by atoms with Crippen LogP contribution >= 0.6 is 0 Å². The topological polar surface area (TPSA) is 75.7 Å². The van der Waals surface area contributed by atoms with Gasteiger partial charge in [0.25, 0.3) is 10.0 Å². The molecule has 1 heterocycles. The Morgan fingerprint density at radius 3 is 2.54 bits per heavy atom. The number of methoxy groups -OCH3 is 1. The molecule has 0 fully saturated rings. The van der Waals surface area contributed by atoms with Crippen LogP contribution in [-0.2, 0) is 26.0 Å². The van der Waals surface area contributed by atoms with Crippen LogP contribution in [0.2, 0.25) is 0 Å². The van der Waals surface area contributed by atoms with Gasteiger partial charge in [-0.1, -0.05) is 17.7 Å². The number of sulfonamides is 1. The number of aryl methyl sites for hydroxylation is 2. The first kappa shape index (κ1) is 18.4. The number of ether oxygens (including phenoxy) is 1. The Morgan fingerprint density at radius 2 is 1.85 bits per heavy atom. The van der Waals surface area contributed by atoms with Crippen molar-refractivity contribution < 1.29 is 17.9 Å². The average molecular weight is 374 g/mol. The number of benzene rings is 2. The molecule has 0 bridgehead atoms. The van der Waals surface area contributed by atoms with E-state index in [1.54, 1.807) is 54.5 Å². The minimum atomic E-state index is -3.65. The van der Waals surface area contributed by atoms with Gasteiger partial charge in [0.15, 0.2) is 0 Å². The minimum absolute atomic E-state index is 0.0579. The summed E-state index contributed by atoms with van der Waals surface area (Å²) in [6.07, 6.45) is 1.00. The Morgan fingerprint density at radius 1 is 1.12 bits per heavy atom. The number of fused-ring (bicyclic) bond motifs is 1. The number of amides is 1. The van der Waals surface area contributed by atoms with Gasteiger partial charge < -0.3 is 9.64 Å². The predicted molar refractivity (Wildman–Crippen MR) is 101 cm³/mol.